The molecule has 1 aliphatic rings. The van der Waals surface area contributed by atoms with Crippen LogP contribution in [0.2, 0.25) is 0 Å². The van der Waals surface area contributed by atoms with Crippen LogP contribution in [0.3, 0.4) is 0 Å². The smallest absolute Gasteiger partial charge is 0.395 e. The third kappa shape index (κ3) is 5.30. The topological polar surface area (TPSA) is 178 Å². The van der Waals surface area contributed by atoms with Crippen molar-refractivity contribution in [3.63, 3.8) is 0 Å². The normalized spacial score (nSPS) is 21.9. The largest absolute Gasteiger partial charge is 0.430 e. The number of alkyl halides is 4. The lowest BCUT2D eigenvalue weighted by atomic mass is 10.0. The first kappa shape index (κ1) is 22.8. The Morgan fingerprint density at radius 1 is 1.23 bits per heavy atom. The standard InChI is InChI=1S/C17H24F4N8O/c18-9-7-29(12(23)2-1-11(22)17(19,20)21)6-4-10(9)28-14(13(24)16(26)30)8-3-5-27-15(8)25/h1-3,5,9-10,27-28H,4,6-7,22-25H2,(H2,26,30)/b11-1-,12-2+,14-13+. The van der Waals surface area contributed by atoms with Gasteiger partial charge in [0.2, 0.25) is 0 Å². The summed E-state index contributed by atoms with van der Waals surface area (Å²) < 4.78 is 52.1. The van der Waals surface area contributed by atoms with E-state index in [-0.39, 0.29) is 42.5 Å². The van der Waals surface area contributed by atoms with Crippen molar-refractivity contribution in [2.75, 3.05) is 18.8 Å². The SMILES string of the molecule is NC(=O)/C(N)=C(\NC1CCN(/C(N)=C/C=C(\N)C(F)(F)F)CC1F)c1cc[nH]c1N. The first-order valence-electron chi connectivity index (χ1n) is 8.80. The van der Waals surface area contributed by atoms with Gasteiger partial charge in [0.15, 0.2) is 0 Å². The number of amides is 1. The number of nitrogens with zero attached hydrogens (tertiary/aromatic N) is 1. The van der Waals surface area contributed by atoms with Gasteiger partial charge in [0.05, 0.1) is 24.1 Å². The average molecular weight is 432 g/mol. The molecule has 2 unspecified atom stereocenters. The third-order valence-corrected chi connectivity index (χ3v) is 4.58. The molecule has 9 nitrogen and oxygen atoms in total. The van der Waals surface area contributed by atoms with Gasteiger partial charge in [-0.15, -0.1) is 0 Å². The van der Waals surface area contributed by atoms with Crippen LogP contribution < -0.4 is 34.0 Å². The Labute approximate surface area is 169 Å². The summed E-state index contributed by atoms with van der Waals surface area (Å²) in [5, 5.41) is 2.87. The van der Waals surface area contributed by atoms with Crippen molar-refractivity contribution in [2.45, 2.75) is 24.8 Å². The Morgan fingerprint density at radius 3 is 2.40 bits per heavy atom. The fourth-order valence-electron chi connectivity index (χ4n) is 2.89. The van der Waals surface area contributed by atoms with Gasteiger partial charge in [0.25, 0.3) is 5.91 Å². The molecular weight excluding hydrogens is 408 g/mol. The monoisotopic (exact) mass is 432 g/mol. The molecule has 13 heteroatoms. The molecule has 0 bridgehead atoms. The molecule has 1 aliphatic heterocycles. The molecule has 0 saturated carbocycles. The second kappa shape index (κ2) is 8.88. The van der Waals surface area contributed by atoms with Crippen LogP contribution in [0.1, 0.15) is 12.0 Å². The summed E-state index contributed by atoms with van der Waals surface area (Å²) in [6.45, 7) is 0.0265. The van der Waals surface area contributed by atoms with Crippen molar-refractivity contribution in [1.29, 1.82) is 0 Å². The lowest BCUT2D eigenvalue weighted by molar-refractivity contribution is -0.114. The highest BCUT2D eigenvalue weighted by atomic mass is 19.4. The first-order valence-corrected chi connectivity index (χ1v) is 8.80. The van der Waals surface area contributed by atoms with E-state index in [9.17, 15) is 22.4 Å². The first-order chi connectivity index (χ1) is 13.9. The van der Waals surface area contributed by atoms with E-state index in [2.05, 4.69) is 10.3 Å². The molecular formula is C17H24F4N8O. The maximum Gasteiger partial charge on any atom is 0.430 e. The number of nitrogens with two attached hydrogens (primary N) is 5. The third-order valence-electron chi connectivity index (χ3n) is 4.58. The molecule has 0 spiro atoms. The van der Waals surface area contributed by atoms with Crippen molar-refractivity contribution in [2.24, 2.45) is 22.9 Å². The van der Waals surface area contributed by atoms with E-state index < -0.39 is 30.0 Å². The lowest BCUT2D eigenvalue weighted by Gasteiger charge is -2.37. The van der Waals surface area contributed by atoms with Gasteiger partial charge in [-0.25, -0.2) is 4.39 Å². The number of carbonyl (C=O) groups is 1. The molecule has 2 atom stereocenters. The fraction of sp³-hybridized carbons (Fsp3) is 0.353. The van der Waals surface area contributed by atoms with Crippen LogP contribution in [0.15, 0.2) is 41.6 Å². The zero-order chi connectivity index (χ0) is 22.6. The summed E-state index contributed by atoms with van der Waals surface area (Å²) in [5.41, 5.74) is 26.3. The number of halogens is 4. The molecule has 0 radical (unpaired) electrons. The summed E-state index contributed by atoms with van der Waals surface area (Å²) in [6, 6.07) is 0.778. The molecule has 0 aliphatic carbocycles. The predicted octanol–water partition coefficient (Wildman–Crippen LogP) is -0.0835. The second-order valence-corrected chi connectivity index (χ2v) is 6.67. The Balaban J connectivity index is 2.14. The van der Waals surface area contributed by atoms with Crippen LogP contribution in [0.25, 0.3) is 5.70 Å². The van der Waals surface area contributed by atoms with Gasteiger partial charge in [0.1, 0.15) is 23.4 Å². The predicted molar refractivity (Wildman–Crippen MR) is 104 cm³/mol. The number of likely N-dealkylation sites (tertiary alicyclic amines) is 1. The molecule has 1 aromatic rings. The zero-order valence-electron chi connectivity index (χ0n) is 15.8. The number of nitrogens with one attached hydrogen (secondary N) is 2. The van der Waals surface area contributed by atoms with Crippen LogP contribution in [0, 0.1) is 0 Å². The highest BCUT2D eigenvalue weighted by Gasteiger charge is 2.32. The quantitative estimate of drug-likeness (QED) is 0.187. The molecule has 1 saturated heterocycles. The van der Waals surface area contributed by atoms with Crippen LogP contribution in [-0.2, 0) is 4.79 Å². The van der Waals surface area contributed by atoms with Gasteiger partial charge in [-0.3, -0.25) is 4.79 Å². The number of hydrogen-bond acceptors (Lipinski definition) is 7. The number of piperidine rings is 1. The van der Waals surface area contributed by atoms with Gasteiger partial charge in [-0.05, 0) is 24.6 Å². The number of aromatic amines is 1. The summed E-state index contributed by atoms with van der Waals surface area (Å²) in [7, 11) is 0. The van der Waals surface area contributed by atoms with E-state index in [0.29, 0.717) is 11.6 Å². The molecule has 30 heavy (non-hydrogen) atoms. The highest BCUT2D eigenvalue weighted by molar-refractivity contribution is 5.99. The van der Waals surface area contributed by atoms with E-state index in [1.807, 2.05) is 0 Å². The highest BCUT2D eigenvalue weighted by Crippen LogP contribution is 2.25. The summed E-state index contributed by atoms with van der Waals surface area (Å²) in [5.74, 6) is -0.770. The fourth-order valence-corrected chi connectivity index (χ4v) is 2.89. The number of nitrogen functional groups attached to an aromatic ring is 1. The summed E-state index contributed by atoms with van der Waals surface area (Å²) in [6.07, 6.45) is -2.86. The van der Waals surface area contributed by atoms with Crippen molar-refractivity contribution in [3.8, 4) is 0 Å². The van der Waals surface area contributed by atoms with E-state index >= 15 is 0 Å². The Hall–Kier alpha value is -3.51. The van der Waals surface area contributed by atoms with E-state index in [0.717, 1.165) is 6.08 Å². The van der Waals surface area contributed by atoms with Crippen LogP contribution in [-0.4, -0.2) is 47.3 Å². The molecule has 2 heterocycles. The number of anilines is 1. The molecule has 2 rings (SSSR count). The molecule has 1 fully saturated rings. The maximum atomic E-state index is 14.8. The Bertz CT molecular complexity index is 873. The molecule has 1 aromatic heterocycles. The number of allylic oxidation sites excluding steroid dienone is 3. The van der Waals surface area contributed by atoms with Crippen LogP contribution in [0.4, 0.5) is 23.4 Å². The number of aromatic nitrogens is 1. The average Bonchev–Trinajstić information content (AvgIpc) is 3.09. The minimum absolute atomic E-state index is 0.0643. The Morgan fingerprint density at radius 2 is 1.90 bits per heavy atom. The van der Waals surface area contributed by atoms with Gasteiger partial charge < -0.3 is 43.9 Å². The maximum absolute atomic E-state index is 14.8. The molecule has 12 N–H and O–H groups in total. The molecule has 166 valence electrons. The zero-order valence-corrected chi connectivity index (χ0v) is 15.8. The summed E-state index contributed by atoms with van der Waals surface area (Å²) >= 11 is 0. The minimum Gasteiger partial charge on any atom is -0.395 e. The van der Waals surface area contributed by atoms with Crippen molar-refractivity contribution < 1.29 is 22.4 Å². The number of rotatable bonds is 6. The van der Waals surface area contributed by atoms with E-state index in [4.69, 9.17) is 28.7 Å². The van der Waals surface area contributed by atoms with Crippen molar-refractivity contribution in [3.05, 3.63) is 47.2 Å². The van der Waals surface area contributed by atoms with E-state index in [1.54, 1.807) is 6.07 Å². The minimum atomic E-state index is -4.68. The Kier molecular flexibility index (Phi) is 6.74. The van der Waals surface area contributed by atoms with Crippen LogP contribution >= 0.6 is 0 Å². The van der Waals surface area contributed by atoms with Gasteiger partial charge in [-0.1, -0.05) is 0 Å². The second-order valence-electron chi connectivity index (χ2n) is 6.67. The number of hydrogen-bond donors (Lipinski definition) is 7. The summed E-state index contributed by atoms with van der Waals surface area (Å²) in [4.78, 5) is 15.6. The number of H-pyrrole nitrogens is 1. The van der Waals surface area contributed by atoms with Crippen LogP contribution in [0.5, 0.6) is 0 Å². The van der Waals surface area contributed by atoms with Crippen molar-refractivity contribution in [1.82, 2.24) is 15.2 Å². The van der Waals surface area contributed by atoms with Gasteiger partial charge >= 0.3 is 6.18 Å². The lowest BCUT2D eigenvalue weighted by Crippen LogP contribution is -2.51. The van der Waals surface area contributed by atoms with E-state index in [1.165, 1.54) is 11.1 Å². The van der Waals surface area contributed by atoms with Gasteiger partial charge in [-0.2, -0.15) is 13.2 Å². The molecule has 0 aromatic carbocycles. The van der Waals surface area contributed by atoms with Gasteiger partial charge in [0, 0.05) is 18.3 Å². The number of carbonyl (C=O) groups excluding carboxylic acids is 1. The number of primary amides is 1. The van der Waals surface area contributed by atoms with Crippen molar-refractivity contribution >= 4 is 17.4 Å². The molecule has 1 amide bonds.